The maximum Gasteiger partial charge on any atom is 0.168 e. The minimum absolute atomic E-state index is 0.198. The number of anilines is 1. The Labute approximate surface area is 117 Å². The van der Waals surface area contributed by atoms with Gasteiger partial charge in [-0.05, 0) is 18.6 Å². The Kier molecular flexibility index (Phi) is 3.60. The monoisotopic (exact) mass is 272 g/mol. The van der Waals surface area contributed by atoms with E-state index in [4.69, 9.17) is 4.74 Å². The van der Waals surface area contributed by atoms with E-state index in [0.29, 0.717) is 0 Å². The van der Waals surface area contributed by atoms with Crippen molar-refractivity contribution < 1.29 is 4.74 Å². The number of fused-ring (bicyclic) bond motifs is 1. The molecule has 4 heteroatoms. The van der Waals surface area contributed by atoms with E-state index in [1.165, 1.54) is 5.56 Å². The van der Waals surface area contributed by atoms with Crippen LogP contribution in [-0.4, -0.2) is 17.6 Å². The van der Waals surface area contributed by atoms with Gasteiger partial charge in [-0.2, -0.15) is 0 Å². The molecule has 0 aliphatic carbocycles. The number of rotatable bonds is 3. The Balaban J connectivity index is 1.70. The van der Waals surface area contributed by atoms with Crippen molar-refractivity contribution in [3.8, 4) is 5.75 Å². The van der Waals surface area contributed by atoms with Gasteiger partial charge in [0.05, 0.1) is 6.54 Å². The molecule has 1 N–H and O–H groups in total. The number of hydrogen-bond acceptors (Lipinski definition) is 4. The van der Waals surface area contributed by atoms with Crippen LogP contribution in [0.4, 0.5) is 5.82 Å². The molecule has 0 spiro atoms. The van der Waals surface area contributed by atoms with Gasteiger partial charge in [0.25, 0.3) is 0 Å². The lowest BCUT2D eigenvalue weighted by molar-refractivity contribution is 0.224. The van der Waals surface area contributed by atoms with Crippen LogP contribution in [0.2, 0.25) is 0 Å². The van der Waals surface area contributed by atoms with Crippen LogP contribution in [0.1, 0.15) is 12.5 Å². The van der Waals surface area contributed by atoms with Crippen LogP contribution < -0.4 is 10.1 Å². The smallest absolute Gasteiger partial charge is 0.168 e. The molecule has 1 aromatic carbocycles. The molecule has 1 unspecified atom stereocenters. The molecule has 98 valence electrons. The summed E-state index contributed by atoms with van der Waals surface area (Å²) in [7, 11) is 0. The third-order valence-corrected chi connectivity index (χ3v) is 4.00. The Bertz CT molecular complexity index is 559. The van der Waals surface area contributed by atoms with Crippen LogP contribution in [0.25, 0.3) is 0 Å². The second-order valence-corrected chi connectivity index (χ2v) is 5.65. The Morgan fingerprint density at radius 3 is 3.05 bits per heavy atom. The SMILES string of the molecule is CC1CNc2ncc(SCc3ccccc3)cc2O1. The van der Waals surface area contributed by atoms with E-state index in [9.17, 15) is 0 Å². The summed E-state index contributed by atoms with van der Waals surface area (Å²) in [5.41, 5.74) is 1.32. The van der Waals surface area contributed by atoms with E-state index in [0.717, 1.165) is 28.8 Å². The van der Waals surface area contributed by atoms with Gasteiger partial charge in [0, 0.05) is 16.8 Å². The van der Waals surface area contributed by atoms with Gasteiger partial charge in [0.15, 0.2) is 11.6 Å². The van der Waals surface area contributed by atoms with Crippen LogP contribution in [0.15, 0.2) is 47.5 Å². The van der Waals surface area contributed by atoms with E-state index in [1.807, 2.05) is 12.3 Å². The third-order valence-electron chi connectivity index (χ3n) is 2.96. The lowest BCUT2D eigenvalue weighted by atomic mass is 10.2. The topological polar surface area (TPSA) is 34.2 Å². The van der Waals surface area contributed by atoms with Crippen LogP contribution in [0.5, 0.6) is 5.75 Å². The summed E-state index contributed by atoms with van der Waals surface area (Å²) >= 11 is 1.78. The summed E-state index contributed by atoms with van der Waals surface area (Å²) in [6.45, 7) is 2.87. The molecule has 3 nitrogen and oxygen atoms in total. The van der Waals surface area contributed by atoms with Crippen molar-refractivity contribution in [1.29, 1.82) is 0 Å². The molecule has 2 aromatic rings. The summed E-state index contributed by atoms with van der Waals surface area (Å²) in [6, 6.07) is 12.5. The minimum Gasteiger partial charge on any atom is -0.485 e. The van der Waals surface area contributed by atoms with Crippen molar-refractivity contribution in [2.45, 2.75) is 23.7 Å². The molecule has 0 fully saturated rings. The molecule has 0 amide bonds. The molecule has 19 heavy (non-hydrogen) atoms. The molecule has 1 aromatic heterocycles. The number of nitrogens with one attached hydrogen (secondary N) is 1. The van der Waals surface area contributed by atoms with E-state index in [1.54, 1.807) is 11.8 Å². The lowest BCUT2D eigenvalue weighted by Gasteiger charge is -2.24. The van der Waals surface area contributed by atoms with Crippen molar-refractivity contribution in [3.63, 3.8) is 0 Å². The number of thioether (sulfide) groups is 1. The average molecular weight is 272 g/mol. The molecular weight excluding hydrogens is 256 g/mol. The van der Waals surface area contributed by atoms with Gasteiger partial charge in [-0.25, -0.2) is 4.98 Å². The van der Waals surface area contributed by atoms with Crippen molar-refractivity contribution in [2.24, 2.45) is 0 Å². The molecule has 0 radical (unpaired) electrons. The second kappa shape index (κ2) is 5.53. The standard InChI is InChI=1S/C15H16N2OS/c1-11-8-16-15-14(18-11)7-13(9-17-15)19-10-12-5-3-2-4-6-12/h2-7,9,11H,8,10H2,1H3,(H,16,17). The molecule has 0 bridgehead atoms. The zero-order valence-electron chi connectivity index (χ0n) is 10.8. The van der Waals surface area contributed by atoms with E-state index >= 15 is 0 Å². The highest BCUT2D eigenvalue weighted by Gasteiger charge is 2.16. The summed E-state index contributed by atoms with van der Waals surface area (Å²) in [4.78, 5) is 5.55. The quantitative estimate of drug-likeness (QED) is 0.866. The number of aromatic nitrogens is 1. The van der Waals surface area contributed by atoms with Crippen molar-refractivity contribution >= 4 is 17.6 Å². The van der Waals surface area contributed by atoms with Crippen molar-refractivity contribution in [3.05, 3.63) is 48.2 Å². The molecule has 2 heterocycles. The molecule has 3 rings (SSSR count). The lowest BCUT2D eigenvalue weighted by Crippen LogP contribution is -2.28. The highest BCUT2D eigenvalue weighted by Crippen LogP contribution is 2.32. The van der Waals surface area contributed by atoms with Crippen molar-refractivity contribution in [2.75, 3.05) is 11.9 Å². The zero-order valence-corrected chi connectivity index (χ0v) is 11.6. The molecule has 1 atom stereocenters. The maximum absolute atomic E-state index is 5.79. The first-order valence-electron chi connectivity index (χ1n) is 6.38. The fourth-order valence-corrected chi connectivity index (χ4v) is 2.81. The van der Waals surface area contributed by atoms with Crippen molar-refractivity contribution in [1.82, 2.24) is 4.98 Å². The third kappa shape index (κ3) is 3.01. The minimum atomic E-state index is 0.198. The van der Waals surface area contributed by atoms with Gasteiger partial charge in [-0.3, -0.25) is 0 Å². The van der Waals surface area contributed by atoms with E-state index in [2.05, 4.69) is 47.6 Å². The van der Waals surface area contributed by atoms with Gasteiger partial charge in [0.1, 0.15) is 6.10 Å². The molecule has 1 aliphatic rings. The average Bonchev–Trinajstić information content (AvgIpc) is 2.46. The van der Waals surface area contributed by atoms with Gasteiger partial charge < -0.3 is 10.1 Å². The number of ether oxygens (including phenoxy) is 1. The van der Waals surface area contributed by atoms with E-state index in [-0.39, 0.29) is 6.10 Å². The number of pyridine rings is 1. The first-order valence-corrected chi connectivity index (χ1v) is 7.37. The van der Waals surface area contributed by atoms with E-state index < -0.39 is 0 Å². The van der Waals surface area contributed by atoms with Crippen LogP contribution in [0.3, 0.4) is 0 Å². The Morgan fingerprint density at radius 1 is 1.37 bits per heavy atom. The fourth-order valence-electron chi connectivity index (χ4n) is 1.97. The fraction of sp³-hybridized carbons (Fsp3) is 0.267. The predicted octanol–water partition coefficient (Wildman–Crippen LogP) is 3.57. The Morgan fingerprint density at radius 2 is 2.21 bits per heavy atom. The Hall–Kier alpha value is -1.68. The molecular formula is C15H16N2OS. The predicted molar refractivity (Wildman–Crippen MR) is 78.8 cm³/mol. The summed E-state index contributed by atoms with van der Waals surface area (Å²) in [5, 5.41) is 3.27. The highest BCUT2D eigenvalue weighted by atomic mass is 32.2. The highest BCUT2D eigenvalue weighted by molar-refractivity contribution is 7.98. The number of benzene rings is 1. The van der Waals surface area contributed by atoms with Gasteiger partial charge >= 0.3 is 0 Å². The van der Waals surface area contributed by atoms with Gasteiger partial charge in [0.2, 0.25) is 0 Å². The first-order chi connectivity index (χ1) is 9.31. The maximum atomic E-state index is 5.79. The first kappa shape index (κ1) is 12.4. The second-order valence-electron chi connectivity index (χ2n) is 4.60. The molecule has 0 saturated carbocycles. The number of nitrogens with zero attached hydrogens (tertiary/aromatic N) is 1. The van der Waals surface area contributed by atoms with Crippen LogP contribution in [0, 0.1) is 0 Å². The van der Waals surface area contributed by atoms with Crippen LogP contribution in [-0.2, 0) is 5.75 Å². The summed E-state index contributed by atoms with van der Waals surface area (Å²) in [5.74, 6) is 2.66. The normalized spacial score (nSPS) is 17.2. The largest absolute Gasteiger partial charge is 0.485 e. The summed E-state index contributed by atoms with van der Waals surface area (Å²) < 4.78 is 5.79. The number of hydrogen-bond donors (Lipinski definition) is 1. The summed E-state index contributed by atoms with van der Waals surface area (Å²) in [6.07, 6.45) is 2.10. The molecule has 0 saturated heterocycles. The van der Waals surface area contributed by atoms with Gasteiger partial charge in [-0.1, -0.05) is 30.3 Å². The molecule has 1 aliphatic heterocycles. The van der Waals surface area contributed by atoms with Gasteiger partial charge in [-0.15, -0.1) is 11.8 Å². The zero-order chi connectivity index (χ0) is 13.1. The van der Waals surface area contributed by atoms with Crippen LogP contribution >= 0.6 is 11.8 Å².